The van der Waals surface area contributed by atoms with Crippen molar-refractivity contribution in [2.75, 3.05) is 13.1 Å². The van der Waals surface area contributed by atoms with Crippen LogP contribution in [0.5, 0.6) is 0 Å². The van der Waals surface area contributed by atoms with Crippen LogP contribution < -0.4 is 0 Å². The fraction of sp³-hybridized carbons (Fsp3) is 0.308. The summed E-state index contributed by atoms with van der Waals surface area (Å²) in [4.78, 5) is 25.3. The van der Waals surface area contributed by atoms with Gasteiger partial charge in [0.2, 0.25) is 0 Å². The van der Waals surface area contributed by atoms with Crippen molar-refractivity contribution < 1.29 is 4.79 Å². The van der Waals surface area contributed by atoms with Crippen molar-refractivity contribution in [2.45, 2.75) is 12.8 Å². The largest absolute Gasteiger partial charge is 0.348 e. The van der Waals surface area contributed by atoms with Gasteiger partial charge in [0.05, 0.1) is 11.5 Å². The molecular weight excluding hydrogens is 228 g/mol. The second-order valence-corrected chi connectivity index (χ2v) is 4.63. The zero-order chi connectivity index (χ0) is 12.5. The van der Waals surface area contributed by atoms with Gasteiger partial charge < -0.3 is 9.88 Å². The fourth-order valence-corrected chi connectivity index (χ4v) is 2.17. The molecular formula is C13H14N4O. The molecule has 5 nitrogen and oxygen atoms in total. The van der Waals surface area contributed by atoms with Crippen LogP contribution in [-0.2, 0) is 0 Å². The third-order valence-electron chi connectivity index (χ3n) is 3.20. The number of amides is 1. The van der Waals surface area contributed by atoms with E-state index in [1.165, 1.54) is 0 Å². The predicted molar refractivity (Wildman–Crippen MR) is 66.2 cm³/mol. The highest BCUT2D eigenvalue weighted by Crippen LogP contribution is 2.25. The first-order valence-corrected chi connectivity index (χ1v) is 5.94. The number of nitrogens with zero attached hydrogens (tertiary/aromatic N) is 3. The lowest BCUT2D eigenvalue weighted by molar-refractivity contribution is 0.0595. The summed E-state index contributed by atoms with van der Waals surface area (Å²) in [5.41, 5.74) is 1.66. The molecule has 1 fully saturated rings. The Labute approximate surface area is 105 Å². The smallest absolute Gasteiger partial charge is 0.255 e. The molecule has 1 aliphatic heterocycles. The Morgan fingerprint density at radius 1 is 1.44 bits per heavy atom. The lowest BCUT2D eigenvalue weighted by atomic mass is 9.98. The number of aromatic amines is 1. The zero-order valence-corrected chi connectivity index (χ0v) is 10.1. The summed E-state index contributed by atoms with van der Waals surface area (Å²) in [7, 11) is 0. The van der Waals surface area contributed by atoms with Crippen molar-refractivity contribution in [2.24, 2.45) is 0 Å². The lowest BCUT2D eigenvalue weighted by Gasteiger charge is -2.38. The number of rotatable bonds is 2. The minimum absolute atomic E-state index is 0.0500. The van der Waals surface area contributed by atoms with Crippen molar-refractivity contribution in [1.82, 2.24) is 19.9 Å². The fourth-order valence-electron chi connectivity index (χ4n) is 2.17. The average Bonchev–Trinajstić information content (AvgIpc) is 2.80. The minimum atomic E-state index is 0.0500. The maximum Gasteiger partial charge on any atom is 0.255 e. The van der Waals surface area contributed by atoms with Crippen LogP contribution in [0.15, 0.2) is 30.9 Å². The third kappa shape index (κ3) is 1.88. The Morgan fingerprint density at radius 3 is 2.94 bits per heavy atom. The molecule has 0 radical (unpaired) electrons. The van der Waals surface area contributed by atoms with Crippen LogP contribution in [0.4, 0.5) is 0 Å². The Kier molecular flexibility index (Phi) is 2.59. The van der Waals surface area contributed by atoms with Crippen molar-refractivity contribution in [1.29, 1.82) is 0 Å². The van der Waals surface area contributed by atoms with Gasteiger partial charge >= 0.3 is 0 Å². The second-order valence-electron chi connectivity index (χ2n) is 4.63. The number of imidazole rings is 1. The standard InChI is InChI=1S/C13H14N4O/c1-9-4-10(6-14-5-9)13(18)17-7-11(8-17)12-15-2-3-16-12/h2-6,11H,7-8H2,1H3,(H,15,16). The SMILES string of the molecule is Cc1cncc(C(=O)N2CC(c3ncc[nH]3)C2)c1. The number of aryl methyl sites for hydroxylation is 1. The Morgan fingerprint density at radius 2 is 2.28 bits per heavy atom. The molecule has 0 spiro atoms. The molecule has 1 amide bonds. The first kappa shape index (κ1) is 11.0. The van der Waals surface area contributed by atoms with Gasteiger partial charge in [-0.05, 0) is 18.6 Å². The van der Waals surface area contributed by atoms with E-state index < -0.39 is 0 Å². The topological polar surface area (TPSA) is 61.9 Å². The maximum atomic E-state index is 12.1. The number of hydrogen-bond acceptors (Lipinski definition) is 3. The van der Waals surface area contributed by atoms with Gasteiger partial charge in [-0.2, -0.15) is 0 Å². The second kappa shape index (κ2) is 4.25. The average molecular weight is 242 g/mol. The van der Waals surface area contributed by atoms with E-state index in [0.29, 0.717) is 11.5 Å². The van der Waals surface area contributed by atoms with Crippen molar-refractivity contribution in [3.05, 3.63) is 47.8 Å². The molecule has 3 rings (SSSR count). The first-order chi connectivity index (χ1) is 8.74. The van der Waals surface area contributed by atoms with E-state index >= 15 is 0 Å². The van der Waals surface area contributed by atoms with Crippen LogP contribution in [0.1, 0.15) is 27.7 Å². The molecule has 0 aliphatic carbocycles. The van der Waals surface area contributed by atoms with Crippen LogP contribution in [0.3, 0.4) is 0 Å². The van der Waals surface area contributed by atoms with Gasteiger partial charge in [0.25, 0.3) is 5.91 Å². The van der Waals surface area contributed by atoms with Gasteiger partial charge in [0.1, 0.15) is 5.82 Å². The molecule has 0 saturated carbocycles. The molecule has 18 heavy (non-hydrogen) atoms. The molecule has 1 aliphatic rings. The Bertz CT molecular complexity index is 558. The van der Waals surface area contributed by atoms with Crippen LogP contribution in [-0.4, -0.2) is 38.8 Å². The monoisotopic (exact) mass is 242 g/mol. The van der Waals surface area contributed by atoms with Crippen molar-refractivity contribution >= 4 is 5.91 Å². The molecule has 2 aromatic heterocycles. The van der Waals surface area contributed by atoms with E-state index in [4.69, 9.17) is 0 Å². The maximum absolute atomic E-state index is 12.1. The highest BCUT2D eigenvalue weighted by Gasteiger charge is 2.33. The molecule has 1 N–H and O–H groups in total. The van der Waals surface area contributed by atoms with Gasteiger partial charge in [-0.3, -0.25) is 9.78 Å². The summed E-state index contributed by atoms with van der Waals surface area (Å²) in [5.74, 6) is 1.34. The molecule has 92 valence electrons. The zero-order valence-electron chi connectivity index (χ0n) is 10.1. The Hall–Kier alpha value is -2.17. The summed E-state index contributed by atoms with van der Waals surface area (Å²) in [6.45, 7) is 3.38. The highest BCUT2D eigenvalue weighted by atomic mass is 16.2. The molecule has 2 aromatic rings. The number of carbonyl (C=O) groups is 1. The summed E-state index contributed by atoms with van der Waals surface area (Å²) in [5, 5.41) is 0. The van der Waals surface area contributed by atoms with Crippen LogP contribution in [0.25, 0.3) is 0 Å². The van der Waals surface area contributed by atoms with Crippen molar-refractivity contribution in [3.63, 3.8) is 0 Å². The van der Waals surface area contributed by atoms with E-state index in [9.17, 15) is 4.79 Å². The van der Waals surface area contributed by atoms with E-state index in [1.807, 2.05) is 24.1 Å². The lowest BCUT2D eigenvalue weighted by Crippen LogP contribution is -2.48. The van der Waals surface area contributed by atoms with Gasteiger partial charge in [0.15, 0.2) is 0 Å². The van der Waals surface area contributed by atoms with Gasteiger partial charge in [0, 0.05) is 37.9 Å². The van der Waals surface area contributed by atoms with Gasteiger partial charge in [-0.1, -0.05) is 0 Å². The first-order valence-electron chi connectivity index (χ1n) is 5.94. The minimum Gasteiger partial charge on any atom is -0.348 e. The number of hydrogen-bond donors (Lipinski definition) is 1. The highest BCUT2D eigenvalue weighted by molar-refractivity contribution is 5.94. The molecule has 1 saturated heterocycles. The molecule has 5 heteroatoms. The van der Waals surface area contributed by atoms with E-state index in [2.05, 4.69) is 15.0 Å². The summed E-state index contributed by atoms with van der Waals surface area (Å²) >= 11 is 0. The number of nitrogens with one attached hydrogen (secondary N) is 1. The number of aromatic nitrogens is 3. The van der Waals surface area contributed by atoms with E-state index in [1.54, 1.807) is 18.6 Å². The predicted octanol–water partition coefficient (Wildman–Crippen LogP) is 1.35. The van der Waals surface area contributed by atoms with Crippen LogP contribution >= 0.6 is 0 Å². The van der Waals surface area contributed by atoms with E-state index in [-0.39, 0.29) is 5.91 Å². The van der Waals surface area contributed by atoms with Gasteiger partial charge in [-0.15, -0.1) is 0 Å². The van der Waals surface area contributed by atoms with E-state index in [0.717, 1.165) is 24.5 Å². The summed E-state index contributed by atoms with van der Waals surface area (Å²) < 4.78 is 0. The molecule has 3 heterocycles. The summed E-state index contributed by atoms with van der Waals surface area (Å²) in [6, 6.07) is 1.87. The van der Waals surface area contributed by atoms with Gasteiger partial charge in [-0.25, -0.2) is 4.98 Å². The summed E-state index contributed by atoms with van der Waals surface area (Å²) in [6.07, 6.45) is 6.92. The number of likely N-dealkylation sites (tertiary alicyclic amines) is 1. The quantitative estimate of drug-likeness (QED) is 0.864. The molecule has 0 atom stereocenters. The molecule has 0 bridgehead atoms. The van der Waals surface area contributed by atoms with Crippen molar-refractivity contribution in [3.8, 4) is 0 Å². The molecule has 0 unspecified atom stereocenters. The Balaban J connectivity index is 1.66. The number of pyridine rings is 1. The molecule has 0 aromatic carbocycles. The van der Waals surface area contributed by atoms with Crippen LogP contribution in [0.2, 0.25) is 0 Å². The van der Waals surface area contributed by atoms with Crippen LogP contribution in [0, 0.1) is 6.92 Å². The normalized spacial score (nSPS) is 15.5. The number of carbonyl (C=O) groups excluding carboxylic acids is 1. The number of H-pyrrole nitrogens is 1. The third-order valence-corrected chi connectivity index (χ3v) is 3.20.